The average molecular weight is 299 g/mol. The molecule has 0 aromatic carbocycles. The van der Waals surface area contributed by atoms with E-state index in [2.05, 4.69) is 63.0 Å². The summed E-state index contributed by atoms with van der Waals surface area (Å²) in [7, 11) is 0. The first-order chi connectivity index (χ1) is 10.8. The molecule has 22 heavy (non-hydrogen) atoms. The average Bonchev–Trinajstić information content (AvgIpc) is 3.06. The van der Waals surface area contributed by atoms with Gasteiger partial charge in [-0.2, -0.15) is 0 Å². The van der Waals surface area contributed by atoms with E-state index in [0.717, 1.165) is 6.42 Å². The van der Waals surface area contributed by atoms with E-state index in [9.17, 15) is 0 Å². The van der Waals surface area contributed by atoms with E-state index in [-0.39, 0.29) is 0 Å². The van der Waals surface area contributed by atoms with Gasteiger partial charge in [-0.05, 0) is 49.5 Å². The van der Waals surface area contributed by atoms with Crippen LogP contribution in [0, 0.1) is 0 Å². The maximum absolute atomic E-state index is 3.89. The van der Waals surface area contributed by atoms with Gasteiger partial charge in [-0.1, -0.05) is 89.0 Å². The van der Waals surface area contributed by atoms with Gasteiger partial charge in [-0.3, -0.25) is 0 Å². The molecule has 0 N–H and O–H groups in total. The molecule has 0 aliphatic heterocycles. The highest BCUT2D eigenvalue weighted by atomic mass is 14.2. The molecule has 0 saturated carbocycles. The first-order valence-electron chi connectivity index (χ1n) is 8.41. The van der Waals surface area contributed by atoms with Crippen LogP contribution in [-0.4, -0.2) is 0 Å². The largest absolute Gasteiger partial charge is 0.0985 e. The van der Waals surface area contributed by atoms with Crippen molar-refractivity contribution in [3.8, 4) is 0 Å². The van der Waals surface area contributed by atoms with Crippen LogP contribution in [0.15, 0.2) is 83.6 Å². The van der Waals surface area contributed by atoms with Crippen molar-refractivity contribution in [2.75, 3.05) is 0 Å². The molecule has 1 aliphatic carbocycles. The highest BCUT2D eigenvalue weighted by Crippen LogP contribution is 2.30. The molecule has 0 saturated heterocycles. The van der Waals surface area contributed by atoms with Gasteiger partial charge in [0.25, 0.3) is 0 Å². The van der Waals surface area contributed by atoms with Crippen LogP contribution in [0.25, 0.3) is 0 Å². The monoisotopic (exact) mass is 298 g/mol. The topological polar surface area (TPSA) is 0 Å². The minimum Gasteiger partial charge on any atom is -0.0985 e. The Labute approximate surface area is 139 Å². The van der Waals surface area contributed by atoms with Crippen molar-refractivity contribution in [1.29, 1.82) is 0 Å². The van der Waals surface area contributed by atoms with Crippen molar-refractivity contribution < 1.29 is 0 Å². The maximum atomic E-state index is 3.89. The van der Waals surface area contributed by atoms with Crippen LogP contribution in [0.2, 0.25) is 0 Å². The van der Waals surface area contributed by atoms with Gasteiger partial charge in [-0.15, -0.1) is 0 Å². The van der Waals surface area contributed by atoms with Gasteiger partial charge in [0.1, 0.15) is 0 Å². The molecule has 0 amide bonds. The van der Waals surface area contributed by atoms with Crippen molar-refractivity contribution in [2.24, 2.45) is 0 Å². The zero-order chi connectivity index (χ0) is 17.4. The fourth-order valence-electron chi connectivity index (χ4n) is 2.00. The summed E-state index contributed by atoms with van der Waals surface area (Å²) in [6.07, 6.45) is 19.9. The number of hydrogen-bond acceptors (Lipinski definition) is 0. The van der Waals surface area contributed by atoms with Crippen LogP contribution in [0.5, 0.6) is 0 Å². The van der Waals surface area contributed by atoms with Gasteiger partial charge >= 0.3 is 0 Å². The van der Waals surface area contributed by atoms with E-state index < -0.39 is 0 Å². The highest BCUT2D eigenvalue weighted by molar-refractivity contribution is 5.55. The lowest BCUT2D eigenvalue weighted by atomic mass is 9.98. The summed E-state index contributed by atoms with van der Waals surface area (Å²) in [6, 6.07) is 0. The second-order valence-corrected chi connectivity index (χ2v) is 4.16. The Kier molecular flexibility index (Phi) is 15.9. The van der Waals surface area contributed by atoms with Crippen molar-refractivity contribution in [3.05, 3.63) is 83.6 Å². The van der Waals surface area contributed by atoms with Gasteiger partial charge in [0.15, 0.2) is 0 Å². The van der Waals surface area contributed by atoms with E-state index in [1.807, 2.05) is 46.8 Å². The summed E-state index contributed by atoms with van der Waals surface area (Å²) in [5.74, 6) is 0. The Bertz CT molecular complexity index is 474. The van der Waals surface area contributed by atoms with E-state index in [1.54, 1.807) is 0 Å². The maximum Gasteiger partial charge on any atom is -0.00140 e. The molecular weight excluding hydrogens is 264 g/mol. The fraction of sp³-hybridized carbons (Fsp3) is 0.364. The third-order valence-electron chi connectivity index (χ3n) is 2.95. The molecule has 0 radical (unpaired) electrons. The van der Waals surface area contributed by atoms with Gasteiger partial charge in [0.05, 0.1) is 0 Å². The van der Waals surface area contributed by atoms with Crippen LogP contribution < -0.4 is 0 Å². The highest BCUT2D eigenvalue weighted by Gasteiger charge is 2.11. The zero-order valence-electron chi connectivity index (χ0n) is 15.6. The molecule has 0 heterocycles. The molecule has 0 heteroatoms. The van der Waals surface area contributed by atoms with Crippen molar-refractivity contribution in [1.82, 2.24) is 0 Å². The molecule has 0 atom stereocenters. The van der Waals surface area contributed by atoms with Crippen molar-refractivity contribution in [2.45, 2.75) is 54.9 Å². The standard InChI is InChI=1S/C18H22.2C2H6/c1-5-9-11-16(8-4)18-13-12-17(14-18)15(7-3)10-6-2;2*1-2/h5-13H,4,14H2,1-3H3;2*1-2H3/b9-5-,10-6-,15-7+,16-11+;;. The Morgan fingerprint density at radius 1 is 0.909 bits per heavy atom. The molecule has 0 bridgehead atoms. The lowest BCUT2D eigenvalue weighted by Gasteiger charge is -2.07. The summed E-state index contributed by atoms with van der Waals surface area (Å²) in [6.45, 7) is 18.0. The molecule has 1 aliphatic rings. The van der Waals surface area contributed by atoms with E-state index in [0.29, 0.717) is 0 Å². The quantitative estimate of drug-likeness (QED) is 0.461. The van der Waals surface area contributed by atoms with Gasteiger partial charge < -0.3 is 0 Å². The first-order valence-corrected chi connectivity index (χ1v) is 8.41. The van der Waals surface area contributed by atoms with Crippen LogP contribution in [0.3, 0.4) is 0 Å². The van der Waals surface area contributed by atoms with E-state index in [1.165, 1.54) is 22.3 Å². The molecule has 122 valence electrons. The van der Waals surface area contributed by atoms with Crippen LogP contribution in [-0.2, 0) is 0 Å². The molecule has 0 nitrogen and oxygen atoms in total. The Morgan fingerprint density at radius 3 is 1.86 bits per heavy atom. The third-order valence-corrected chi connectivity index (χ3v) is 2.95. The number of rotatable bonds is 5. The summed E-state index contributed by atoms with van der Waals surface area (Å²) >= 11 is 0. The van der Waals surface area contributed by atoms with Crippen LogP contribution in [0.1, 0.15) is 54.9 Å². The van der Waals surface area contributed by atoms with Crippen LogP contribution in [0.4, 0.5) is 0 Å². The third kappa shape index (κ3) is 7.83. The molecule has 0 aromatic heterocycles. The lowest BCUT2D eigenvalue weighted by molar-refractivity contribution is 1.19. The van der Waals surface area contributed by atoms with Crippen molar-refractivity contribution in [3.63, 3.8) is 0 Å². The molecule has 0 spiro atoms. The van der Waals surface area contributed by atoms with Gasteiger partial charge in [0.2, 0.25) is 0 Å². The summed E-state index contributed by atoms with van der Waals surface area (Å²) < 4.78 is 0. The Hall–Kier alpha value is -1.82. The predicted octanol–water partition coefficient (Wildman–Crippen LogP) is 7.51. The van der Waals surface area contributed by atoms with Gasteiger partial charge in [-0.25, -0.2) is 0 Å². The normalized spacial score (nSPS) is 14.9. The SMILES string of the molecule is C=C/C(=C\C=C/C)C1=CC=C(C(/C=C\C)=C/C)C1.CC.CC. The predicted molar refractivity (Wildman–Crippen MR) is 105 cm³/mol. The summed E-state index contributed by atoms with van der Waals surface area (Å²) in [5.41, 5.74) is 5.22. The lowest BCUT2D eigenvalue weighted by Crippen LogP contribution is -1.88. The summed E-state index contributed by atoms with van der Waals surface area (Å²) in [5, 5.41) is 0. The van der Waals surface area contributed by atoms with Crippen molar-refractivity contribution >= 4 is 0 Å². The molecular formula is C22H34. The van der Waals surface area contributed by atoms with E-state index in [4.69, 9.17) is 0 Å². The molecule has 0 aromatic rings. The Morgan fingerprint density at radius 2 is 1.45 bits per heavy atom. The Balaban J connectivity index is 0. The zero-order valence-corrected chi connectivity index (χ0v) is 15.6. The van der Waals surface area contributed by atoms with E-state index >= 15 is 0 Å². The second-order valence-electron chi connectivity index (χ2n) is 4.16. The first kappa shape index (κ1) is 22.5. The minimum absolute atomic E-state index is 0.986. The smallest absolute Gasteiger partial charge is 0.00140 e. The fourth-order valence-corrected chi connectivity index (χ4v) is 2.00. The minimum atomic E-state index is 0.986. The molecule has 0 fully saturated rings. The van der Waals surface area contributed by atoms with Gasteiger partial charge in [0, 0.05) is 0 Å². The summed E-state index contributed by atoms with van der Waals surface area (Å²) in [4.78, 5) is 0. The number of allylic oxidation sites excluding steroid dienone is 13. The van der Waals surface area contributed by atoms with Crippen LogP contribution >= 0.6 is 0 Å². The number of hydrogen-bond donors (Lipinski definition) is 0. The second kappa shape index (κ2) is 15.6. The molecule has 0 unspecified atom stereocenters. The molecule has 1 rings (SSSR count).